The zero-order chi connectivity index (χ0) is 11.0. The summed E-state index contributed by atoms with van der Waals surface area (Å²) in [6.07, 6.45) is 8.71. The summed E-state index contributed by atoms with van der Waals surface area (Å²) in [5.74, 6) is 0. The quantitative estimate of drug-likeness (QED) is 0.292. The monoisotopic (exact) mass is 506 g/mol. The summed E-state index contributed by atoms with van der Waals surface area (Å²) in [5.41, 5.74) is 0. The van der Waals surface area contributed by atoms with Gasteiger partial charge in [-0.1, -0.05) is 0 Å². The molecule has 0 atom stereocenters. The van der Waals surface area contributed by atoms with Gasteiger partial charge < -0.3 is 0 Å². The fraction of sp³-hybridized carbons (Fsp3) is 0.800. The molecule has 0 unspecified atom stereocenters. The van der Waals surface area contributed by atoms with Gasteiger partial charge in [0.2, 0.25) is 0 Å². The Bertz CT molecular complexity index is 178. The van der Waals surface area contributed by atoms with E-state index in [9.17, 15) is 0 Å². The summed E-state index contributed by atoms with van der Waals surface area (Å²) in [6, 6.07) is 0. The molecule has 0 amide bonds. The third-order valence-electron chi connectivity index (χ3n) is 1.90. The normalized spacial score (nSPS) is 14.5. The van der Waals surface area contributed by atoms with E-state index in [1.807, 2.05) is 0 Å². The Morgan fingerprint density at radius 3 is 2.21 bits per heavy atom. The molecule has 0 aromatic rings. The van der Waals surface area contributed by atoms with Gasteiger partial charge in [0.25, 0.3) is 0 Å². The minimum absolute atomic E-state index is 1.20. The molecule has 0 aromatic carbocycles. The molecule has 0 aromatic heterocycles. The number of hydrogen-bond acceptors (Lipinski definition) is 0. The molecule has 0 spiro atoms. The number of allylic oxidation sites excluding steroid dienone is 1. The van der Waals surface area contributed by atoms with E-state index in [-0.39, 0.29) is 0 Å². The van der Waals surface area contributed by atoms with Crippen molar-refractivity contribution in [3.05, 3.63) is 8.61 Å². The predicted molar refractivity (Wildman–Crippen MR) is 79.9 cm³/mol. The van der Waals surface area contributed by atoms with Crippen LogP contribution in [0.2, 0.25) is 4.47 Å². The number of hydrogen-bond donors (Lipinski definition) is 0. The molecule has 0 fully saturated rings. The number of unbranched alkanes of at least 4 members (excludes halogenated alkanes) is 3. The van der Waals surface area contributed by atoms with Crippen molar-refractivity contribution in [2.75, 3.05) is 0 Å². The first-order valence-corrected chi connectivity index (χ1v) is 19.2. The Labute approximate surface area is 113 Å². The molecule has 0 aliphatic rings. The van der Waals surface area contributed by atoms with Gasteiger partial charge in [0.05, 0.1) is 0 Å². The maximum atomic E-state index is 3.89. The van der Waals surface area contributed by atoms with Crippen LogP contribution in [0.15, 0.2) is 8.61 Å². The molecule has 0 heterocycles. The van der Waals surface area contributed by atoms with E-state index in [4.69, 9.17) is 0 Å². The van der Waals surface area contributed by atoms with Crippen LogP contribution >= 0.6 is 41.4 Å². The first kappa shape index (κ1) is 16.0. The first-order valence-electron chi connectivity index (χ1n) is 5.10. The number of rotatable bonds is 7. The molecule has 0 rings (SSSR count). The maximum absolute atomic E-state index is 3.89. The van der Waals surface area contributed by atoms with E-state index in [1.165, 1.54) is 39.1 Å². The molecule has 0 N–H and O–H groups in total. The summed E-state index contributed by atoms with van der Waals surface area (Å²) in [7, 11) is 0. The number of halogens is 3. The van der Waals surface area contributed by atoms with E-state index in [0.717, 1.165) is 0 Å². The van der Waals surface area contributed by atoms with Crippen molar-refractivity contribution in [3.8, 4) is 0 Å². The Morgan fingerprint density at radius 2 is 1.71 bits per heavy atom. The standard InChI is InChI=1S/C10H19Br3Te/c1-3-5-7-8-10(11)14(12,13)9-6-4-2/h8H,3-7,9H2,1-2H3/b10-8+. The average molecular weight is 507 g/mol. The van der Waals surface area contributed by atoms with Crippen LogP contribution in [0.4, 0.5) is 0 Å². The molecule has 0 saturated heterocycles. The van der Waals surface area contributed by atoms with Crippen LogP contribution in [0.25, 0.3) is 0 Å². The second kappa shape index (κ2) is 9.05. The van der Waals surface area contributed by atoms with Gasteiger partial charge in [-0.2, -0.15) is 0 Å². The van der Waals surface area contributed by atoms with Gasteiger partial charge in [-0.3, -0.25) is 0 Å². The van der Waals surface area contributed by atoms with Crippen molar-refractivity contribution in [2.24, 2.45) is 0 Å². The second-order valence-electron chi connectivity index (χ2n) is 3.28. The molecule has 0 aliphatic carbocycles. The summed E-state index contributed by atoms with van der Waals surface area (Å²) >= 11 is 9.49. The predicted octanol–water partition coefficient (Wildman–Crippen LogP) is 6.03. The van der Waals surface area contributed by atoms with E-state index in [1.54, 1.807) is 0 Å². The van der Waals surface area contributed by atoms with Crippen molar-refractivity contribution in [1.82, 2.24) is 0 Å². The molecule has 86 valence electrons. The summed E-state index contributed by atoms with van der Waals surface area (Å²) in [4.78, 5) is 0. The fourth-order valence-electron chi connectivity index (χ4n) is 0.965. The van der Waals surface area contributed by atoms with Gasteiger partial charge >= 0.3 is 114 Å². The van der Waals surface area contributed by atoms with Gasteiger partial charge in [0.1, 0.15) is 0 Å². The van der Waals surface area contributed by atoms with Crippen molar-refractivity contribution >= 4 is 55.2 Å². The Balaban J connectivity index is 4.04. The van der Waals surface area contributed by atoms with Crippen molar-refractivity contribution in [1.29, 1.82) is 0 Å². The van der Waals surface area contributed by atoms with Gasteiger partial charge in [0, 0.05) is 0 Å². The topological polar surface area (TPSA) is 0 Å². The fourth-order valence-corrected chi connectivity index (χ4v) is 10.6. The molecule has 0 bridgehead atoms. The summed E-state index contributed by atoms with van der Waals surface area (Å²) < 4.78 is 2.73. The Kier molecular flexibility index (Phi) is 10.3. The van der Waals surface area contributed by atoms with Crippen LogP contribution in [-0.2, 0) is 0 Å². The van der Waals surface area contributed by atoms with Crippen molar-refractivity contribution in [2.45, 2.75) is 50.4 Å². The van der Waals surface area contributed by atoms with E-state index >= 15 is 0 Å². The van der Waals surface area contributed by atoms with E-state index in [2.05, 4.69) is 61.4 Å². The molecule has 0 nitrogen and oxygen atoms in total. The summed E-state index contributed by atoms with van der Waals surface area (Å²) in [5, 5.41) is 0. The third-order valence-corrected chi connectivity index (χ3v) is 25.2. The second-order valence-corrected chi connectivity index (χ2v) is 32.1. The van der Waals surface area contributed by atoms with Gasteiger partial charge in [0.15, 0.2) is 0 Å². The van der Waals surface area contributed by atoms with Gasteiger partial charge in [-0.05, 0) is 0 Å². The minimum atomic E-state index is -2.00. The zero-order valence-corrected chi connectivity index (χ0v) is 16.0. The van der Waals surface area contributed by atoms with Crippen molar-refractivity contribution in [3.63, 3.8) is 0 Å². The van der Waals surface area contributed by atoms with Gasteiger partial charge in [-0.15, -0.1) is 0 Å². The SMILES string of the molecule is CCCC/C=C(\Br)[Te](Br)(Br)CCCC. The van der Waals surface area contributed by atoms with Crippen LogP contribution in [0.5, 0.6) is 0 Å². The Hall–Kier alpha value is 1.97. The summed E-state index contributed by atoms with van der Waals surface area (Å²) in [6.45, 7) is 4.48. The van der Waals surface area contributed by atoms with Crippen LogP contribution in [-0.4, -0.2) is 13.8 Å². The molecule has 14 heavy (non-hydrogen) atoms. The molecular formula is C10H19Br3Te. The molecule has 0 radical (unpaired) electrons. The molecular weight excluding hydrogens is 487 g/mol. The van der Waals surface area contributed by atoms with Crippen LogP contribution in [0.1, 0.15) is 46.0 Å². The average Bonchev–Trinajstić information content (AvgIpc) is 2.15. The van der Waals surface area contributed by atoms with E-state index in [0.29, 0.717) is 0 Å². The molecule has 0 aliphatic heterocycles. The molecule has 0 saturated carbocycles. The third kappa shape index (κ3) is 7.28. The van der Waals surface area contributed by atoms with Crippen LogP contribution < -0.4 is 0 Å². The van der Waals surface area contributed by atoms with Crippen molar-refractivity contribution < 1.29 is 0 Å². The zero-order valence-electron chi connectivity index (χ0n) is 8.86. The van der Waals surface area contributed by atoms with Gasteiger partial charge in [-0.25, -0.2) is 0 Å². The Morgan fingerprint density at radius 1 is 1.14 bits per heavy atom. The van der Waals surface area contributed by atoms with E-state index < -0.39 is 13.8 Å². The molecule has 4 heteroatoms. The first-order chi connectivity index (χ1) is 6.54. The van der Waals surface area contributed by atoms with Crippen LogP contribution in [0.3, 0.4) is 0 Å². The van der Waals surface area contributed by atoms with Crippen LogP contribution in [0, 0.1) is 0 Å².